The number of hydrogen-bond acceptors (Lipinski definition) is 4. The van der Waals surface area contributed by atoms with E-state index in [1.807, 2.05) is 0 Å². The molecule has 1 aromatic rings. The van der Waals surface area contributed by atoms with Crippen molar-refractivity contribution >= 4 is 23.7 Å². The number of hydrogen-bond donors (Lipinski definition) is 4. The van der Waals surface area contributed by atoms with Gasteiger partial charge in [0.05, 0.1) is 0 Å². The van der Waals surface area contributed by atoms with E-state index in [0.717, 1.165) is 25.7 Å². The first-order valence-corrected chi connectivity index (χ1v) is 10.3. The zero-order chi connectivity index (χ0) is 21.7. The van der Waals surface area contributed by atoms with Gasteiger partial charge in [0.1, 0.15) is 5.82 Å². The van der Waals surface area contributed by atoms with Crippen molar-refractivity contribution in [1.29, 1.82) is 0 Å². The molecular formula is C20H29FN6O3. The first kappa shape index (κ1) is 21.8. The molecule has 1 aromatic carbocycles. The average Bonchev–Trinajstić information content (AvgIpc) is 3.15. The standard InChI is InChI=1S/C20H29FN6O3/c1-2-23-19(29)26-10-11-27(20(30)25-16-5-3-4-13(21)12-16)18(26)17(28)24-15-8-6-14(22)7-9-15/h3-5,12,14-15,18H,2,6-11,22H2,1H3,(H,23,29)(H,24,28)(H,25,30). The van der Waals surface area contributed by atoms with Crippen LogP contribution in [0.15, 0.2) is 24.3 Å². The van der Waals surface area contributed by atoms with Crippen molar-refractivity contribution in [2.45, 2.75) is 50.9 Å². The SMILES string of the molecule is CCNC(=O)N1CCN(C(=O)Nc2cccc(F)c2)C1C(=O)NC1CCC(N)CC1. The predicted molar refractivity (Wildman–Crippen MR) is 110 cm³/mol. The minimum atomic E-state index is -1.08. The number of anilines is 1. The third kappa shape index (κ3) is 5.18. The molecule has 5 N–H and O–H groups in total. The molecule has 164 valence electrons. The van der Waals surface area contributed by atoms with Crippen molar-refractivity contribution < 1.29 is 18.8 Å². The molecule has 0 aromatic heterocycles. The fourth-order valence-corrected chi connectivity index (χ4v) is 3.89. The van der Waals surface area contributed by atoms with Gasteiger partial charge in [-0.05, 0) is 50.8 Å². The Labute approximate surface area is 175 Å². The lowest BCUT2D eigenvalue weighted by Crippen LogP contribution is -2.58. The van der Waals surface area contributed by atoms with Crippen LogP contribution in [0.5, 0.6) is 0 Å². The lowest BCUT2D eigenvalue weighted by molar-refractivity contribution is -0.128. The molecule has 1 saturated heterocycles. The molecule has 1 saturated carbocycles. The van der Waals surface area contributed by atoms with Crippen LogP contribution >= 0.6 is 0 Å². The monoisotopic (exact) mass is 420 g/mol. The lowest BCUT2D eigenvalue weighted by Gasteiger charge is -2.32. The Morgan fingerprint density at radius 1 is 1.10 bits per heavy atom. The summed E-state index contributed by atoms with van der Waals surface area (Å²) in [6, 6.07) is 4.62. The third-order valence-electron chi connectivity index (χ3n) is 5.45. The van der Waals surface area contributed by atoms with E-state index >= 15 is 0 Å². The average molecular weight is 420 g/mol. The van der Waals surface area contributed by atoms with Gasteiger partial charge >= 0.3 is 12.1 Å². The summed E-state index contributed by atoms with van der Waals surface area (Å²) in [6.07, 6.45) is 2.08. The zero-order valence-electron chi connectivity index (χ0n) is 17.1. The number of benzene rings is 1. The van der Waals surface area contributed by atoms with Crippen molar-refractivity contribution in [3.63, 3.8) is 0 Å². The van der Waals surface area contributed by atoms with E-state index in [4.69, 9.17) is 5.73 Å². The molecule has 2 aliphatic rings. The number of rotatable bonds is 4. The van der Waals surface area contributed by atoms with Crippen molar-refractivity contribution in [3.05, 3.63) is 30.1 Å². The number of halogens is 1. The van der Waals surface area contributed by atoms with Gasteiger partial charge in [-0.1, -0.05) is 6.07 Å². The van der Waals surface area contributed by atoms with Crippen LogP contribution in [0.25, 0.3) is 0 Å². The molecule has 2 fully saturated rings. The Morgan fingerprint density at radius 2 is 1.77 bits per heavy atom. The maximum Gasteiger partial charge on any atom is 0.323 e. The number of urea groups is 2. The normalized spacial score (nSPS) is 23.8. The number of nitrogens with two attached hydrogens (primary N) is 1. The van der Waals surface area contributed by atoms with Gasteiger partial charge in [0.15, 0.2) is 6.17 Å². The topological polar surface area (TPSA) is 120 Å². The molecule has 0 spiro atoms. The second kappa shape index (κ2) is 9.75. The van der Waals surface area contributed by atoms with E-state index in [-0.39, 0.29) is 30.9 Å². The van der Waals surface area contributed by atoms with Gasteiger partial charge in [0, 0.05) is 37.4 Å². The van der Waals surface area contributed by atoms with E-state index in [1.54, 1.807) is 13.0 Å². The molecule has 0 radical (unpaired) electrons. The van der Waals surface area contributed by atoms with Crippen molar-refractivity contribution in [1.82, 2.24) is 20.4 Å². The summed E-state index contributed by atoms with van der Waals surface area (Å²) in [4.78, 5) is 41.0. The van der Waals surface area contributed by atoms with Gasteiger partial charge in [-0.15, -0.1) is 0 Å². The second-order valence-corrected chi connectivity index (χ2v) is 7.66. The summed E-state index contributed by atoms with van der Waals surface area (Å²) >= 11 is 0. The van der Waals surface area contributed by atoms with Gasteiger partial charge in [-0.2, -0.15) is 0 Å². The molecule has 1 unspecified atom stereocenters. The lowest BCUT2D eigenvalue weighted by atomic mass is 9.92. The molecule has 9 nitrogen and oxygen atoms in total. The Hall–Kier alpha value is -2.88. The second-order valence-electron chi connectivity index (χ2n) is 7.66. The molecule has 3 rings (SSSR count). The number of carbonyl (C=O) groups is 3. The van der Waals surface area contributed by atoms with Crippen LogP contribution in [0, 0.1) is 5.82 Å². The molecule has 1 atom stereocenters. The van der Waals surface area contributed by atoms with Gasteiger partial charge in [-0.25, -0.2) is 14.0 Å². The third-order valence-corrected chi connectivity index (χ3v) is 5.45. The van der Waals surface area contributed by atoms with Crippen molar-refractivity contribution in [3.8, 4) is 0 Å². The maximum atomic E-state index is 13.4. The highest BCUT2D eigenvalue weighted by atomic mass is 19.1. The molecule has 30 heavy (non-hydrogen) atoms. The summed E-state index contributed by atoms with van der Waals surface area (Å²) in [6.45, 7) is 2.59. The number of nitrogens with zero attached hydrogens (tertiary/aromatic N) is 2. The summed E-state index contributed by atoms with van der Waals surface area (Å²) in [5, 5.41) is 8.25. The summed E-state index contributed by atoms with van der Waals surface area (Å²) < 4.78 is 13.4. The molecule has 1 heterocycles. The molecular weight excluding hydrogens is 391 g/mol. The minimum Gasteiger partial charge on any atom is -0.350 e. The highest BCUT2D eigenvalue weighted by Gasteiger charge is 2.43. The summed E-state index contributed by atoms with van der Waals surface area (Å²) in [7, 11) is 0. The molecule has 10 heteroatoms. The molecule has 1 aliphatic heterocycles. The highest BCUT2D eigenvalue weighted by molar-refractivity contribution is 5.96. The van der Waals surface area contributed by atoms with Gasteiger partial charge < -0.3 is 21.7 Å². The molecule has 0 bridgehead atoms. The Kier molecular flexibility index (Phi) is 7.09. The predicted octanol–water partition coefficient (Wildman–Crippen LogP) is 1.42. The number of amides is 5. The molecule has 1 aliphatic carbocycles. The van der Waals surface area contributed by atoms with Gasteiger partial charge in [0.25, 0.3) is 5.91 Å². The van der Waals surface area contributed by atoms with E-state index in [2.05, 4.69) is 16.0 Å². The summed E-state index contributed by atoms with van der Waals surface area (Å²) in [5.74, 6) is -0.892. The van der Waals surface area contributed by atoms with E-state index in [1.165, 1.54) is 28.0 Å². The van der Waals surface area contributed by atoms with Crippen LogP contribution < -0.4 is 21.7 Å². The van der Waals surface area contributed by atoms with Gasteiger partial charge in [-0.3, -0.25) is 14.6 Å². The van der Waals surface area contributed by atoms with Crippen LogP contribution in [0.1, 0.15) is 32.6 Å². The fraction of sp³-hybridized carbons (Fsp3) is 0.550. The number of nitrogens with one attached hydrogen (secondary N) is 3. The molecule has 5 amide bonds. The maximum absolute atomic E-state index is 13.4. The summed E-state index contributed by atoms with van der Waals surface area (Å²) in [5.41, 5.74) is 6.20. The first-order valence-electron chi connectivity index (χ1n) is 10.3. The van der Waals surface area contributed by atoms with Crippen LogP contribution in [-0.4, -0.2) is 65.7 Å². The van der Waals surface area contributed by atoms with Crippen LogP contribution in [-0.2, 0) is 4.79 Å². The minimum absolute atomic E-state index is 0.0397. The van der Waals surface area contributed by atoms with E-state index < -0.39 is 30.0 Å². The van der Waals surface area contributed by atoms with Crippen LogP contribution in [0.2, 0.25) is 0 Å². The Bertz CT molecular complexity index is 784. The fourth-order valence-electron chi connectivity index (χ4n) is 3.89. The smallest absolute Gasteiger partial charge is 0.323 e. The van der Waals surface area contributed by atoms with E-state index in [0.29, 0.717) is 6.54 Å². The van der Waals surface area contributed by atoms with Crippen molar-refractivity contribution in [2.24, 2.45) is 5.73 Å². The van der Waals surface area contributed by atoms with Crippen LogP contribution in [0.3, 0.4) is 0 Å². The van der Waals surface area contributed by atoms with E-state index in [9.17, 15) is 18.8 Å². The highest BCUT2D eigenvalue weighted by Crippen LogP contribution is 2.21. The Morgan fingerprint density at radius 3 is 2.40 bits per heavy atom. The van der Waals surface area contributed by atoms with Crippen molar-refractivity contribution in [2.75, 3.05) is 25.0 Å². The quantitative estimate of drug-likeness (QED) is 0.589. The van der Waals surface area contributed by atoms with Crippen LogP contribution in [0.4, 0.5) is 19.7 Å². The Balaban J connectivity index is 1.74. The van der Waals surface area contributed by atoms with Gasteiger partial charge in [0.2, 0.25) is 0 Å². The largest absolute Gasteiger partial charge is 0.350 e. The number of carbonyl (C=O) groups excluding carboxylic acids is 3. The first-order chi connectivity index (χ1) is 14.4. The zero-order valence-corrected chi connectivity index (χ0v) is 17.1.